The lowest BCUT2D eigenvalue weighted by Crippen LogP contribution is -2.06. The van der Waals surface area contributed by atoms with Crippen LogP contribution in [0.3, 0.4) is 0 Å². The van der Waals surface area contributed by atoms with Crippen molar-refractivity contribution >= 4 is 28.6 Å². The van der Waals surface area contributed by atoms with E-state index in [0.717, 1.165) is 11.0 Å². The zero-order chi connectivity index (χ0) is 10.7. The Morgan fingerprint density at radius 2 is 2.27 bits per heavy atom. The zero-order valence-electron chi connectivity index (χ0n) is 7.87. The number of alkyl halides is 1. The van der Waals surface area contributed by atoms with Crippen molar-refractivity contribution in [2.75, 3.05) is 5.88 Å². The summed E-state index contributed by atoms with van der Waals surface area (Å²) in [5.41, 5.74) is 1.78. The smallest absolute Gasteiger partial charge is 0.321 e. The van der Waals surface area contributed by atoms with E-state index in [1.807, 2.05) is 24.3 Å². The molecule has 1 aromatic carbocycles. The Kier molecular flexibility index (Phi) is 2.87. The van der Waals surface area contributed by atoms with Gasteiger partial charge in [0.15, 0.2) is 0 Å². The van der Waals surface area contributed by atoms with Crippen LogP contribution in [-0.2, 0) is 16.1 Å². The van der Waals surface area contributed by atoms with Crippen molar-refractivity contribution < 1.29 is 9.53 Å². The fourth-order valence-electron chi connectivity index (χ4n) is 1.26. The number of ether oxygens (including phenoxy) is 1. The van der Waals surface area contributed by atoms with E-state index in [4.69, 9.17) is 16.3 Å². The Bertz CT molecular complexity index is 448. The molecule has 0 spiro atoms. The lowest BCUT2D eigenvalue weighted by atomic mass is 10.3. The Labute approximate surface area is 91.2 Å². The molecule has 0 amide bonds. The molecular formula is C10H9ClN2O2. The van der Waals surface area contributed by atoms with E-state index in [9.17, 15) is 4.79 Å². The SMILES string of the molecule is O=C(CCl)OCc1nc2ccccc2[nH]1. The number of aromatic amines is 1. The topological polar surface area (TPSA) is 55.0 Å². The van der Waals surface area contributed by atoms with Crippen LogP contribution in [0, 0.1) is 0 Å². The van der Waals surface area contributed by atoms with Crippen molar-refractivity contribution in [3.8, 4) is 0 Å². The van der Waals surface area contributed by atoms with E-state index < -0.39 is 5.97 Å². The fourth-order valence-corrected chi connectivity index (χ4v) is 1.34. The number of hydrogen-bond acceptors (Lipinski definition) is 3. The minimum absolute atomic E-state index is 0.125. The number of nitrogens with one attached hydrogen (secondary N) is 1. The second kappa shape index (κ2) is 4.31. The van der Waals surface area contributed by atoms with Gasteiger partial charge in [-0.2, -0.15) is 0 Å². The number of para-hydroxylation sites is 2. The highest BCUT2D eigenvalue weighted by Crippen LogP contribution is 2.10. The molecule has 0 aliphatic heterocycles. The minimum Gasteiger partial charge on any atom is -0.457 e. The van der Waals surface area contributed by atoms with Crippen LogP contribution >= 0.6 is 11.6 Å². The number of carbonyl (C=O) groups excluding carboxylic acids is 1. The van der Waals surface area contributed by atoms with Crippen LogP contribution < -0.4 is 0 Å². The number of hydrogen-bond donors (Lipinski definition) is 1. The molecule has 4 nitrogen and oxygen atoms in total. The minimum atomic E-state index is -0.447. The molecule has 1 aromatic heterocycles. The van der Waals surface area contributed by atoms with E-state index in [0.29, 0.717) is 5.82 Å². The Morgan fingerprint density at radius 3 is 3.00 bits per heavy atom. The lowest BCUT2D eigenvalue weighted by Gasteiger charge is -1.97. The molecule has 2 rings (SSSR count). The molecular weight excluding hydrogens is 216 g/mol. The Hall–Kier alpha value is -1.55. The van der Waals surface area contributed by atoms with Gasteiger partial charge in [-0.1, -0.05) is 12.1 Å². The molecule has 0 saturated heterocycles. The normalized spacial score (nSPS) is 10.5. The largest absolute Gasteiger partial charge is 0.457 e. The number of fused-ring (bicyclic) bond motifs is 1. The summed E-state index contributed by atoms with van der Waals surface area (Å²) in [5.74, 6) is 0.0343. The van der Waals surface area contributed by atoms with E-state index in [2.05, 4.69) is 9.97 Å². The quantitative estimate of drug-likeness (QED) is 0.640. The predicted octanol–water partition coefficient (Wildman–Crippen LogP) is 1.84. The first-order valence-electron chi connectivity index (χ1n) is 4.45. The van der Waals surface area contributed by atoms with E-state index >= 15 is 0 Å². The number of aromatic nitrogens is 2. The maximum Gasteiger partial charge on any atom is 0.321 e. The first kappa shape index (κ1) is 9.98. The van der Waals surface area contributed by atoms with Crippen LogP contribution in [0.4, 0.5) is 0 Å². The van der Waals surface area contributed by atoms with Crippen LogP contribution in [-0.4, -0.2) is 21.8 Å². The van der Waals surface area contributed by atoms with E-state index in [1.165, 1.54) is 0 Å². The molecule has 5 heteroatoms. The van der Waals surface area contributed by atoms with Crippen LogP contribution in [0.2, 0.25) is 0 Å². The number of imidazole rings is 1. The van der Waals surface area contributed by atoms with Crippen molar-refractivity contribution in [2.24, 2.45) is 0 Å². The number of carbonyl (C=O) groups is 1. The average molecular weight is 225 g/mol. The summed E-state index contributed by atoms with van der Waals surface area (Å²) in [6, 6.07) is 7.61. The maximum atomic E-state index is 10.8. The first-order chi connectivity index (χ1) is 7.29. The van der Waals surface area contributed by atoms with Crippen molar-refractivity contribution in [3.05, 3.63) is 30.1 Å². The molecule has 0 radical (unpaired) electrons. The van der Waals surface area contributed by atoms with Crippen molar-refractivity contribution in [1.29, 1.82) is 0 Å². The summed E-state index contributed by atoms with van der Waals surface area (Å²) in [7, 11) is 0. The van der Waals surface area contributed by atoms with Crippen LogP contribution in [0.25, 0.3) is 11.0 Å². The number of halogens is 1. The van der Waals surface area contributed by atoms with Gasteiger partial charge in [0.25, 0.3) is 0 Å². The number of rotatable bonds is 3. The summed E-state index contributed by atoms with van der Waals surface area (Å²) >= 11 is 5.29. The number of H-pyrrole nitrogens is 1. The molecule has 0 aliphatic carbocycles. The maximum absolute atomic E-state index is 10.8. The molecule has 1 N–H and O–H groups in total. The zero-order valence-corrected chi connectivity index (χ0v) is 8.62. The summed E-state index contributed by atoms with van der Waals surface area (Å²) in [4.78, 5) is 18.1. The second-order valence-electron chi connectivity index (χ2n) is 2.99. The lowest BCUT2D eigenvalue weighted by molar-refractivity contribution is -0.142. The third-order valence-corrected chi connectivity index (χ3v) is 2.14. The van der Waals surface area contributed by atoms with Gasteiger partial charge in [0.2, 0.25) is 0 Å². The molecule has 15 heavy (non-hydrogen) atoms. The van der Waals surface area contributed by atoms with Gasteiger partial charge in [-0.05, 0) is 12.1 Å². The first-order valence-corrected chi connectivity index (χ1v) is 4.98. The van der Waals surface area contributed by atoms with Gasteiger partial charge in [-0.3, -0.25) is 4.79 Å². The second-order valence-corrected chi connectivity index (χ2v) is 3.26. The van der Waals surface area contributed by atoms with E-state index in [1.54, 1.807) is 0 Å². The van der Waals surface area contributed by atoms with Gasteiger partial charge < -0.3 is 9.72 Å². The standard InChI is InChI=1S/C10H9ClN2O2/c11-5-10(14)15-6-9-12-7-3-1-2-4-8(7)13-9/h1-4H,5-6H2,(H,12,13). The molecule has 0 unspecified atom stereocenters. The monoisotopic (exact) mass is 224 g/mol. The van der Waals surface area contributed by atoms with Crippen LogP contribution in [0.1, 0.15) is 5.82 Å². The molecule has 0 saturated carbocycles. The van der Waals surface area contributed by atoms with Gasteiger partial charge in [0.1, 0.15) is 18.3 Å². The molecule has 0 fully saturated rings. The molecule has 1 heterocycles. The van der Waals surface area contributed by atoms with Gasteiger partial charge in [-0.15, -0.1) is 11.6 Å². The number of benzene rings is 1. The third kappa shape index (κ3) is 2.27. The van der Waals surface area contributed by atoms with Crippen LogP contribution in [0.15, 0.2) is 24.3 Å². The Morgan fingerprint density at radius 1 is 1.47 bits per heavy atom. The van der Waals surface area contributed by atoms with Gasteiger partial charge in [0.05, 0.1) is 11.0 Å². The average Bonchev–Trinajstić information content (AvgIpc) is 2.68. The van der Waals surface area contributed by atoms with Gasteiger partial charge in [-0.25, -0.2) is 4.98 Å². The Balaban J connectivity index is 2.12. The summed E-state index contributed by atoms with van der Waals surface area (Å²) in [6.07, 6.45) is 0. The molecule has 2 aromatic rings. The summed E-state index contributed by atoms with van der Waals surface area (Å²) in [5, 5.41) is 0. The van der Waals surface area contributed by atoms with Crippen molar-refractivity contribution in [1.82, 2.24) is 9.97 Å². The molecule has 0 bridgehead atoms. The van der Waals surface area contributed by atoms with Crippen molar-refractivity contribution in [3.63, 3.8) is 0 Å². The fraction of sp³-hybridized carbons (Fsp3) is 0.200. The van der Waals surface area contributed by atoms with Crippen LogP contribution in [0.5, 0.6) is 0 Å². The van der Waals surface area contributed by atoms with E-state index in [-0.39, 0.29) is 12.5 Å². The third-order valence-electron chi connectivity index (χ3n) is 1.92. The molecule has 0 aliphatic rings. The van der Waals surface area contributed by atoms with Gasteiger partial charge >= 0.3 is 5.97 Å². The number of nitrogens with zero attached hydrogens (tertiary/aromatic N) is 1. The van der Waals surface area contributed by atoms with Gasteiger partial charge in [0, 0.05) is 0 Å². The summed E-state index contributed by atoms with van der Waals surface area (Å²) < 4.78 is 4.84. The highest BCUT2D eigenvalue weighted by molar-refractivity contribution is 6.26. The highest BCUT2D eigenvalue weighted by Gasteiger charge is 2.04. The number of esters is 1. The summed E-state index contributed by atoms with van der Waals surface area (Å²) in [6.45, 7) is 0.125. The molecule has 78 valence electrons. The molecule has 0 atom stereocenters. The van der Waals surface area contributed by atoms with Crippen molar-refractivity contribution in [2.45, 2.75) is 6.61 Å². The highest BCUT2D eigenvalue weighted by atomic mass is 35.5. The predicted molar refractivity (Wildman–Crippen MR) is 56.6 cm³/mol.